The van der Waals surface area contributed by atoms with Gasteiger partial charge in [-0.05, 0) is 26.9 Å². The number of rotatable bonds is 3. The van der Waals surface area contributed by atoms with Gasteiger partial charge >= 0.3 is 5.97 Å². The van der Waals surface area contributed by atoms with Crippen LogP contribution >= 0.6 is 0 Å². The van der Waals surface area contributed by atoms with Crippen LogP contribution in [0, 0.1) is 0 Å². The van der Waals surface area contributed by atoms with E-state index in [1.54, 1.807) is 0 Å². The lowest BCUT2D eigenvalue weighted by atomic mass is 9.78. The number of carboxylic acid groups (broad SMARTS) is 1. The molecular weight excluding hydrogens is 166 g/mol. The first-order chi connectivity index (χ1) is 6.07. The van der Waals surface area contributed by atoms with Crippen LogP contribution in [-0.2, 0) is 4.79 Å². The van der Waals surface area contributed by atoms with Crippen molar-refractivity contribution in [2.75, 3.05) is 14.1 Å². The Bertz CT molecular complexity index is 183. The second-order valence-corrected chi connectivity index (χ2v) is 4.25. The average Bonchev–Trinajstić information content (AvgIpc) is 2.04. The van der Waals surface area contributed by atoms with E-state index < -0.39 is 5.97 Å². The van der Waals surface area contributed by atoms with Crippen molar-refractivity contribution >= 4 is 5.97 Å². The van der Waals surface area contributed by atoms with Crippen molar-refractivity contribution in [2.45, 2.75) is 44.1 Å². The molecule has 3 nitrogen and oxygen atoms in total. The topological polar surface area (TPSA) is 40.5 Å². The van der Waals surface area contributed by atoms with Gasteiger partial charge in [-0.2, -0.15) is 0 Å². The third-order valence-corrected chi connectivity index (χ3v) is 3.21. The first-order valence-electron chi connectivity index (χ1n) is 4.96. The third kappa shape index (κ3) is 2.44. The molecule has 0 aromatic carbocycles. The molecule has 1 rings (SSSR count). The van der Waals surface area contributed by atoms with Gasteiger partial charge in [-0.25, -0.2) is 0 Å². The summed E-state index contributed by atoms with van der Waals surface area (Å²) in [5.74, 6) is -0.671. The van der Waals surface area contributed by atoms with Crippen LogP contribution < -0.4 is 0 Å². The number of carboxylic acids is 1. The molecule has 0 unspecified atom stereocenters. The van der Waals surface area contributed by atoms with Crippen molar-refractivity contribution < 1.29 is 9.90 Å². The molecule has 0 radical (unpaired) electrons. The second-order valence-electron chi connectivity index (χ2n) is 4.25. The SMILES string of the molecule is CN(C)C1(CC(=O)O)CCCCC1. The van der Waals surface area contributed by atoms with E-state index >= 15 is 0 Å². The zero-order valence-electron chi connectivity index (χ0n) is 8.55. The molecule has 0 saturated heterocycles. The normalized spacial score (nSPS) is 21.8. The maximum Gasteiger partial charge on any atom is 0.305 e. The Morgan fingerprint density at radius 1 is 1.31 bits per heavy atom. The van der Waals surface area contributed by atoms with E-state index in [1.165, 1.54) is 19.3 Å². The van der Waals surface area contributed by atoms with Gasteiger partial charge in [-0.1, -0.05) is 19.3 Å². The van der Waals surface area contributed by atoms with Crippen molar-refractivity contribution in [1.29, 1.82) is 0 Å². The molecule has 0 aromatic heterocycles. The molecule has 0 heterocycles. The third-order valence-electron chi connectivity index (χ3n) is 3.21. The highest BCUT2D eigenvalue weighted by molar-refractivity contribution is 5.68. The minimum Gasteiger partial charge on any atom is -0.481 e. The molecule has 0 amide bonds. The van der Waals surface area contributed by atoms with Gasteiger partial charge in [0, 0.05) is 5.54 Å². The van der Waals surface area contributed by atoms with Gasteiger partial charge in [-0.15, -0.1) is 0 Å². The van der Waals surface area contributed by atoms with Gasteiger partial charge < -0.3 is 10.0 Å². The molecule has 0 atom stereocenters. The highest BCUT2D eigenvalue weighted by Crippen LogP contribution is 2.34. The van der Waals surface area contributed by atoms with Gasteiger partial charge in [0.15, 0.2) is 0 Å². The summed E-state index contributed by atoms with van der Waals surface area (Å²) >= 11 is 0. The van der Waals surface area contributed by atoms with Gasteiger partial charge in [-0.3, -0.25) is 4.79 Å². The van der Waals surface area contributed by atoms with Crippen molar-refractivity contribution in [1.82, 2.24) is 4.90 Å². The summed E-state index contributed by atoms with van der Waals surface area (Å²) in [5, 5.41) is 8.85. The standard InChI is InChI=1S/C10H19NO2/c1-11(2)10(8-9(12)13)6-4-3-5-7-10/h3-8H2,1-2H3,(H,12,13). The van der Waals surface area contributed by atoms with Gasteiger partial charge in [0.2, 0.25) is 0 Å². The minimum absolute atomic E-state index is 0.0654. The van der Waals surface area contributed by atoms with E-state index in [9.17, 15) is 4.79 Å². The average molecular weight is 185 g/mol. The summed E-state index contributed by atoms with van der Waals surface area (Å²) in [5.41, 5.74) is -0.0654. The van der Waals surface area contributed by atoms with Crippen LogP contribution in [0.4, 0.5) is 0 Å². The minimum atomic E-state index is -0.671. The molecule has 0 bridgehead atoms. The zero-order valence-corrected chi connectivity index (χ0v) is 8.55. The van der Waals surface area contributed by atoms with Crippen molar-refractivity contribution in [3.63, 3.8) is 0 Å². The van der Waals surface area contributed by atoms with Crippen LogP contribution in [0.3, 0.4) is 0 Å². The highest BCUT2D eigenvalue weighted by atomic mass is 16.4. The summed E-state index contributed by atoms with van der Waals surface area (Å²) in [7, 11) is 3.99. The Hall–Kier alpha value is -0.570. The van der Waals surface area contributed by atoms with E-state index in [2.05, 4.69) is 4.90 Å². The summed E-state index contributed by atoms with van der Waals surface area (Å²) < 4.78 is 0. The van der Waals surface area contributed by atoms with Crippen LogP contribution in [0.1, 0.15) is 38.5 Å². The van der Waals surface area contributed by atoms with Crippen LogP contribution in [0.5, 0.6) is 0 Å². The largest absolute Gasteiger partial charge is 0.481 e. The maximum absolute atomic E-state index is 10.8. The Morgan fingerprint density at radius 3 is 2.23 bits per heavy atom. The predicted octanol–water partition coefficient (Wildman–Crippen LogP) is 1.73. The number of hydrogen-bond donors (Lipinski definition) is 1. The number of hydrogen-bond acceptors (Lipinski definition) is 2. The van der Waals surface area contributed by atoms with Gasteiger partial charge in [0.25, 0.3) is 0 Å². The fourth-order valence-electron chi connectivity index (χ4n) is 2.27. The lowest BCUT2D eigenvalue weighted by Gasteiger charge is -2.42. The summed E-state index contributed by atoms with van der Waals surface area (Å²) in [4.78, 5) is 12.8. The summed E-state index contributed by atoms with van der Waals surface area (Å²) in [6.07, 6.45) is 5.96. The maximum atomic E-state index is 10.8. The first kappa shape index (κ1) is 10.5. The molecule has 0 aromatic rings. The first-order valence-corrected chi connectivity index (χ1v) is 4.96. The van der Waals surface area contributed by atoms with Crippen LogP contribution in [0.25, 0.3) is 0 Å². The number of carbonyl (C=O) groups is 1. The molecule has 1 fully saturated rings. The quantitative estimate of drug-likeness (QED) is 0.728. The molecule has 0 aliphatic heterocycles. The Morgan fingerprint density at radius 2 is 1.85 bits per heavy atom. The monoisotopic (exact) mass is 185 g/mol. The van der Waals surface area contributed by atoms with Crippen LogP contribution in [0.2, 0.25) is 0 Å². The molecule has 1 saturated carbocycles. The molecule has 1 N–H and O–H groups in total. The highest BCUT2D eigenvalue weighted by Gasteiger charge is 2.36. The molecule has 3 heteroatoms. The van der Waals surface area contributed by atoms with Crippen molar-refractivity contribution in [3.05, 3.63) is 0 Å². The van der Waals surface area contributed by atoms with E-state index in [0.29, 0.717) is 6.42 Å². The summed E-state index contributed by atoms with van der Waals surface area (Å²) in [6.45, 7) is 0. The van der Waals surface area contributed by atoms with E-state index in [-0.39, 0.29) is 5.54 Å². The molecule has 1 aliphatic carbocycles. The smallest absolute Gasteiger partial charge is 0.305 e. The molecule has 0 spiro atoms. The van der Waals surface area contributed by atoms with Crippen molar-refractivity contribution in [3.8, 4) is 0 Å². The Labute approximate surface area is 79.7 Å². The predicted molar refractivity (Wildman–Crippen MR) is 51.8 cm³/mol. The van der Waals surface area contributed by atoms with Crippen molar-refractivity contribution in [2.24, 2.45) is 0 Å². The lowest BCUT2D eigenvalue weighted by Crippen LogP contribution is -2.47. The van der Waals surface area contributed by atoms with Gasteiger partial charge in [0.1, 0.15) is 0 Å². The van der Waals surface area contributed by atoms with E-state index in [4.69, 9.17) is 5.11 Å². The Kier molecular flexibility index (Phi) is 3.31. The zero-order chi connectivity index (χ0) is 9.90. The van der Waals surface area contributed by atoms with E-state index in [0.717, 1.165) is 12.8 Å². The molecule has 13 heavy (non-hydrogen) atoms. The van der Waals surface area contributed by atoms with Crippen LogP contribution in [0.15, 0.2) is 0 Å². The molecule has 76 valence electrons. The fraction of sp³-hybridized carbons (Fsp3) is 0.900. The van der Waals surface area contributed by atoms with Gasteiger partial charge in [0.05, 0.1) is 6.42 Å². The summed E-state index contributed by atoms with van der Waals surface area (Å²) in [6, 6.07) is 0. The fourth-order valence-corrected chi connectivity index (χ4v) is 2.27. The lowest BCUT2D eigenvalue weighted by molar-refractivity contribution is -0.140. The van der Waals surface area contributed by atoms with E-state index in [1.807, 2.05) is 14.1 Å². The van der Waals surface area contributed by atoms with Crippen LogP contribution in [-0.4, -0.2) is 35.6 Å². The second kappa shape index (κ2) is 4.09. The molecular formula is C10H19NO2. The Balaban J connectivity index is 2.67. The molecule has 1 aliphatic rings. The number of nitrogens with zero attached hydrogens (tertiary/aromatic N) is 1. The number of aliphatic carboxylic acids is 1.